The number of phosphoric ester groups is 1. The highest BCUT2D eigenvalue weighted by atomic mass is 31.2. The summed E-state index contributed by atoms with van der Waals surface area (Å²) in [4.78, 5) is 55.0. The highest BCUT2D eigenvalue weighted by Crippen LogP contribution is 2.36. The van der Waals surface area contributed by atoms with Gasteiger partial charge in [-0.05, 0) is 32.1 Å². The fourth-order valence-electron chi connectivity index (χ4n) is 5.23. The zero-order valence-corrected chi connectivity index (χ0v) is 28.1. The Labute approximate surface area is 269 Å². The van der Waals surface area contributed by atoms with Crippen LogP contribution in [-0.2, 0) is 32.9 Å². The van der Waals surface area contributed by atoms with Crippen molar-refractivity contribution < 1.29 is 52.9 Å². The molecule has 4 N–H and O–H groups in total. The second kappa shape index (κ2) is 24.3. The SMILES string of the molecule is CCCCCCCCCC(=O)OC[C@H](COP(=O)(O)O)OC(=O)CCC/C=C\C[C@H]1C(=O)C[C@@H](O)[C@@H]1/C=C/[C@@H](O)CCCCC. The van der Waals surface area contributed by atoms with E-state index in [0.717, 1.165) is 38.5 Å². The van der Waals surface area contributed by atoms with E-state index in [9.17, 15) is 29.2 Å². The lowest BCUT2D eigenvalue weighted by atomic mass is 9.90. The predicted molar refractivity (Wildman–Crippen MR) is 171 cm³/mol. The summed E-state index contributed by atoms with van der Waals surface area (Å²) >= 11 is 0. The first-order valence-electron chi connectivity index (χ1n) is 16.7. The molecular weight excluding hydrogens is 603 g/mol. The monoisotopic (exact) mass is 660 g/mol. The van der Waals surface area contributed by atoms with Crippen LogP contribution >= 0.6 is 7.82 Å². The number of unbranched alkanes of at least 4 members (excludes halogenated alkanes) is 9. The number of phosphoric acid groups is 1. The lowest BCUT2D eigenvalue weighted by Gasteiger charge is -2.18. The molecule has 0 radical (unpaired) electrons. The number of allylic oxidation sites excluding steroid dienone is 2. The largest absolute Gasteiger partial charge is 0.469 e. The number of rotatable bonds is 26. The number of aliphatic hydroxyl groups excluding tert-OH is 2. The number of hydrogen-bond acceptors (Lipinski definition) is 9. The van der Waals surface area contributed by atoms with Gasteiger partial charge in [0.1, 0.15) is 12.4 Å². The molecule has 0 bridgehead atoms. The van der Waals surface area contributed by atoms with E-state index in [1.165, 1.54) is 19.3 Å². The fraction of sp³-hybridized carbons (Fsp3) is 0.788. The molecule has 1 fully saturated rings. The molecule has 0 aromatic rings. The summed E-state index contributed by atoms with van der Waals surface area (Å²) in [6.45, 7) is 3.26. The molecule has 12 heteroatoms. The molecule has 11 nitrogen and oxygen atoms in total. The van der Waals surface area contributed by atoms with Crippen LogP contribution < -0.4 is 0 Å². The Balaban J connectivity index is 2.44. The maximum atomic E-state index is 12.4. The van der Waals surface area contributed by atoms with E-state index in [2.05, 4.69) is 18.4 Å². The minimum absolute atomic E-state index is 0.0162. The summed E-state index contributed by atoms with van der Waals surface area (Å²) in [5.41, 5.74) is 0. The number of hydrogen-bond donors (Lipinski definition) is 4. The molecule has 1 aliphatic rings. The van der Waals surface area contributed by atoms with Crippen molar-refractivity contribution in [2.45, 2.75) is 141 Å². The first-order valence-corrected chi connectivity index (χ1v) is 18.3. The summed E-state index contributed by atoms with van der Waals surface area (Å²) in [6, 6.07) is 0. The van der Waals surface area contributed by atoms with Gasteiger partial charge < -0.3 is 29.5 Å². The molecule has 0 aromatic heterocycles. The summed E-state index contributed by atoms with van der Waals surface area (Å²) in [5.74, 6) is -1.83. The molecule has 0 aromatic carbocycles. The Bertz CT molecular complexity index is 945. The third-order valence-electron chi connectivity index (χ3n) is 7.84. The molecule has 5 atom stereocenters. The molecular formula is C33H57O11P. The molecule has 1 rings (SSSR count). The molecule has 0 heterocycles. The summed E-state index contributed by atoms with van der Waals surface area (Å²) in [7, 11) is -4.81. The summed E-state index contributed by atoms with van der Waals surface area (Å²) < 4.78 is 26.1. The number of ketones is 1. The van der Waals surface area contributed by atoms with Gasteiger partial charge in [0.25, 0.3) is 0 Å². The minimum atomic E-state index is -4.81. The van der Waals surface area contributed by atoms with E-state index in [4.69, 9.17) is 19.3 Å². The van der Waals surface area contributed by atoms with Crippen LogP contribution in [0.5, 0.6) is 0 Å². The Kier molecular flexibility index (Phi) is 22.2. The topological polar surface area (TPSA) is 177 Å². The molecule has 0 saturated heterocycles. The van der Waals surface area contributed by atoms with Crippen LogP contribution in [0.2, 0.25) is 0 Å². The third-order valence-corrected chi connectivity index (χ3v) is 8.33. The second-order valence-corrected chi connectivity index (χ2v) is 13.2. The van der Waals surface area contributed by atoms with Crippen molar-refractivity contribution in [1.29, 1.82) is 0 Å². The van der Waals surface area contributed by atoms with Crippen LogP contribution in [0, 0.1) is 11.8 Å². The molecule has 0 aliphatic heterocycles. The van der Waals surface area contributed by atoms with Gasteiger partial charge in [-0.1, -0.05) is 95.9 Å². The van der Waals surface area contributed by atoms with Crippen LogP contribution in [0.1, 0.15) is 123 Å². The van der Waals surface area contributed by atoms with Crippen molar-refractivity contribution in [3.8, 4) is 0 Å². The lowest BCUT2D eigenvalue weighted by molar-refractivity contribution is -0.161. The van der Waals surface area contributed by atoms with E-state index < -0.39 is 44.7 Å². The average Bonchev–Trinajstić information content (AvgIpc) is 3.25. The third kappa shape index (κ3) is 20.8. The van der Waals surface area contributed by atoms with E-state index in [0.29, 0.717) is 32.1 Å². The van der Waals surface area contributed by atoms with Gasteiger partial charge in [0.15, 0.2) is 6.10 Å². The van der Waals surface area contributed by atoms with Crippen LogP contribution in [0.4, 0.5) is 0 Å². The molecule has 45 heavy (non-hydrogen) atoms. The number of aliphatic hydroxyl groups is 2. The summed E-state index contributed by atoms with van der Waals surface area (Å²) in [5, 5.41) is 20.5. The van der Waals surface area contributed by atoms with Gasteiger partial charge in [-0.3, -0.25) is 18.9 Å². The Morgan fingerprint density at radius 2 is 1.56 bits per heavy atom. The van der Waals surface area contributed by atoms with Gasteiger partial charge in [0.05, 0.1) is 18.8 Å². The first-order chi connectivity index (χ1) is 21.5. The number of ether oxygens (including phenoxy) is 2. The lowest BCUT2D eigenvalue weighted by Crippen LogP contribution is -2.29. The highest BCUT2D eigenvalue weighted by Gasteiger charge is 2.39. The fourth-order valence-corrected chi connectivity index (χ4v) is 5.59. The van der Waals surface area contributed by atoms with Crippen molar-refractivity contribution in [2.24, 2.45) is 11.8 Å². The molecule has 0 amide bonds. The number of Topliss-reactive ketones (excluding diaryl/α,β-unsaturated/α-hetero) is 1. The van der Waals surface area contributed by atoms with Crippen LogP contribution in [0.3, 0.4) is 0 Å². The van der Waals surface area contributed by atoms with E-state index in [1.807, 2.05) is 12.2 Å². The Morgan fingerprint density at radius 3 is 2.24 bits per heavy atom. The first kappa shape index (κ1) is 41.1. The molecule has 1 saturated carbocycles. The quantitative estimate of drug-likeness (QED) is 0.0378. The Hall–Kier alpha value is -1.88. The zero-order valence-electron chi connectivity index (χ0n) is 27.2. The van der Waals surface area contributed by atoms with Gasteiger partial charge in [0, 0.05) is 31.1 Å². The predicted octanol–water partition coefficient (Wildman–Crippen LogP) is 5.87. The zero-order chi connectivity index (χ0) is 33.5. The summed E-state index contributed by atoms with van der Waals surface area (Å²) in [6.07, 6.45) is 17.3. The van der Waals surface area contributed by atoms with Gasteiger partial charge >= 0.3 is 19.8 Å². The molecule has 260 valence electrons. The number of carbonyl (C=O) groups excluding carboxylic acids is 3. The van der Waals surface area contributed by atoms with Crippen molar-refractivity contribution in [1.82, 2.24) is 0 Å². The van der Waals surface area contributed by atoms with Crippen LogP contribution in [0.15, 0.2) is 24.3 Å². The molecule has 1 aliphatic carbocycles. The van der Waals surface area contributed by atoms with Gasteiger partial charge in [-0.2, -0.15) is 0 Å². The second-order valence-electron chi connectivity index (χ2n) is 11.9. The van der Waals surface area contributed by atoms with Crippen molar-refractivity contribution in [2.75, 3.05) is 13.2 Å². The van der Waals surface area contributed by atoms with Crippen molar-refractivity contribution >= 4 is 25.5 Å². The maximum absolute atomic E-state index is 12.4. The average molecular weight is 661 g/mol. The standard InChI is InChI=1S/C33H57O11P/c1-3-5-7-8-9-10-15-19-32(37)42-24-27(25-43-45(39,40)41)44-33(38)20-16-12-11-14-18-28-29(31(36)23-30(28)35)22-21-26(34)17-13-6-4-2/h11,14,21-22,26-29,31,34,36H,3-10,12-13,15-20,23-25H2,1-2H3,(H2,39,40,41)/b14-11-,22-21+/t26-,27+,28+,29+,31+/m0/s1. The van der Waals surface area contributed by atoms with E-state index >= 15 is 0 Å². The maximum Gasteiger partial charge on any atom is 0.469 e. The number of esters is 2. The van der Waals surface area contributed by atoms with Gasteiger partial charge in [-0.15, -0.1) is 0 Å². The smallest absolute Gasteiger partial charge is 0.462 e. The number of carbonyl (C=O) groups is 3. The van der Waals surface area contributed by atoms with E-state index in [1.54, 1.807) is 12.2 Å². The van der Waals surface area contributed by atoms with Crippen molar-refractivity contribution in [3.63, 3.8) is 0 Å². The van der Waals surface area contributed by atoms with Crippen LogP contribution in [0.25, 0.3) is 0 Å². The van der Waals surface area contributed by atoms with Gasteiger partial charge in [0.2, 0.25) is 0 Å². The van der Waals surface area contributed by atoms with E-state index in [-0.39, 0.29) is 43.5 Å². The normalized spacial score (nSPS) is 20.2. The van der Waals surface area contributed by atoms with Gasteiger partial charge in [-0.25, -0.2) is 4.57 Å². The molecule has 0 unspecified atom stereocenters. The van der Waals surface area contributed by atoms with Crippen molar-refractivity contribution in [3.05, 3.63) is 24.3 Å². The van der Waals surface area contributed by atoms with Crippen LogP contribution in [-0.4, -0.2) is 69.2 Å². The minimum Gasteiger partial charge on any atom is -0.462 e. The molecule has 0 spiro atoms. The highest BCUT2D eigenvalue weighted by molar-refractivity contribution is 7.46. The Morgan fingerprint density at radius 1 is 0.911 bits per heavy atom.